The third kappa shape index (κ3) is 6.41. The number of hydrogen-bond donors (Lipinski definition) is 0. The zero-order valence-electron chi connectivity index (χ0n) is 34.4. The number of para-hydroxylation sites is 1. The van der Waals surface area contributed by atoms with Gasteiger partial charge in [-0.25, -0.2) is 15.0 Å². The van der Waals surface area contributed by atoms with Crippen LogP contribution in [0.3, 0.4) is 0 Å². The minimum atomic E-state index is 0.185. The molecule has 1 aliphatic rings. The van der Waals surface area contributed by atoms with E-state index < -0.39 is 0 Å². The van der Waals surface area contributed by atoms with Crippen LogP contribution in [-0.2, 0) is 0 Å². The summed E-state index contributed by atoms with van der Waals surface area (Å²) in [6.07, 6.45) is 0. The summed E-state index contributed by atoms with van der Waals surface area (Å²) in [6.45, 7) is 0. The van der Waals surface area contributed by atoms with Crippen molar-refractivity contribution >= 4 is 21.7 Å². The quantitative estimate of drug-likeness (QED) is 0.151. The third-order valence-corrected chi connectivity index (χ3v) is 12.6. The Kier molecular flexibility index (Phi) is 8.90. The molecule has 11 aromatic rings. The molecule has 294 valence electrons. The molecule has 0 radical (unpaired) electrons. The highest BCUT2D eigenvalue weighted by Gasteiger charge is 2.29. The molecule has 63 heavy (non-hydrogen) atoms. The predicted molar refractivity (Wildman–Crippen MR) is 260 cm³/mol. The largest absolute Gasteiger partial charge is 0.246 e. The highest BCUT2D eigenvalue weighted by molar-refractivity contribution is 6.19. The van der Waals surface area contributed by atoms with E-state index in [1.165, 1.54) is 44.3 Å². The first-order valence-corrected chi connectivity index (χ1v) is 21.6. The van der Waals surface area contributed by atoms with Crippen LogP contribution >= 0.6 is 0 Å². The highest BCUT2D eigenvalue weighted by atomic mass is 14.9. The molecule has 0 unspecified atom stereocenters. The molecule has 2 aromatic heterocycles. The van der Waals surface area contributed by atoms with Gasteiger partial charge in [0.2, 0.25) is 0 Å². The normalized spacial score (nSPS) is 12.1. The van der Waals surface area contributed by atoms with E-state index in [9.17, 15) is 0 Å². The second-order valence-corrected chi connectivity index (χ2v) is 16.3. The van der Waals surface area contributed by atoms with Crippen molar-refractivity contribution in [1.29, 1.82) is 0 Å². The van der Waals surface area contributed by atoms with E-state index in [1.807, 2.05) is 18.2 Å². The van der Waals surface area contributed by atoms with Gasteiger partial charge in [0.25, 0.3) is 0 Å². The summed E-state index contributed by atoms with van der Waals surface area (Å²) in [5, 5.41) is 3.45. The average molecular weight is 802 g/mol. The molecule has 9 aromatic carbocycles. The molecule has 0 N–H and O–H groups in total. The molecular formula is C60H39N3. The lowest BCUT2D eigenvalue weighted by atomic mass is 9.88. The topological polar surface area (TPSA) is 38.7 Å². The van der Waals surface area contributed by atoms with Gasteiger partial charge >= 0.3 is 0 Å². The molecule has 3 nitrogen and oxygen atoms in total. The molecule has 3 heteroatoms. The summed E-state index contributed by atoms with van der Waals surface area (Å²) in [5.41, 5.74) is 18.9. The minimum absolute atomic E-state index is 0.185. The lowest BCUT2D eigenvalue weighted by molar-refractivity contribution is 1.01. The van der Waals surface area contributed by atoms with Crippen molar-refractivity contribution < 1.29 is 0 Å². The van der Waals surface area contributed by atoms with Gasteiger partial charge in [-0.1, -0.05) is 218 Å². The molecule has 0 saturated heterocycles. The van der Waals surface area contributed by atoms with Gasteiger partial charge in [0.1, 0.15) is 0 Å². The Morgan fingerprint density at radius 2 is 0.810 bits per heavy atom. The van der Waals surface area contributed by atoms with Gasteiger partial charge in [-0.3, -0.25) is 0 Å². The Balaban J connectivity index is 0.994. The molecule has 1 aliphatic carbocycles. The fraction of sp³-hybridized carbons (Fsp3) is 0.0167. The summed E-state index contributed by atoms with van der Waals surface area (Å²) in [7, 11) is 0. The third-order valence-electron chi connectivity index (χ3n) is 12.6. The van der Waals surface area contributed by atoms with E-state index in [-0.39, 0.29) is 5.92 Å². The van der Waals surface area contributed by atoms with Crippen molar-refractivity contribution in [3.05, 3.63) is 247 Å². The van der Waals surface area contributed by atoms with Crippen molar-refractivity contribution in [3.63, 3.8) is 0 Å². The zero-order valence-corrected chi connectivity index (χ0v) is 34.4. The highest BCUT2D eigenvalue weighted by Crippen LogP contribution is 2.48. The van der Waals surface area contributed by atoms with Crippen LogP contribution in [0.25, 0.3) is 100 Å². The van der Waals surface area contributed by atoms with Gasteiger partial charge in [0, 0.05) is 49.9 Å². The molecule has 0 amide bonds. The molecule has 2 heterocycles. The zero-order chi connectivity index (χ0) is 41.7. The number of rotatable bonds is 7. The van der Waals surface area contributed by atoms with Crippen molar-refractivity contribution in [2.24, 2.45) is 0 Å². The van der Waals surface area contributed by atoms with Gasteiger partial charge in [0.15, 0.2) is 5.82 Å². The van der Waals surface area contributed by atoms with Crippen LogP contribution in [0.15, 0.2) is 231 Å². The second-order valence-electron chi connectivity index (χ2n) is 16.3. The maximum atomic E-state index is 5.53. The number of pyridine rings is 1. The molecule has 0 saturated carbocycles. The van der Waals surface area contributed by atoms with Crippen molar-refractivity contribution in [3.8, 4) is 78.5 Å². The smallest absolute Gasteiger partial charge is 0.160 e. The second kappa shape index (κ2) is 15.3. The van der Waals surface area contributed by atoms with E-state index in [0.717, 1.165) is 66.8 Å². The lowest BCUT2D eigenvalue weighted by Crippen LogP contribution is -2.00. The number of nitrogens with zero attached hydrogens (tertiary/aromatic N) is 3. The monoisotopic (exact) mass is 801 g/mol. The number of fused-ring (bicyclic) bond motifs is 6. The molecule has 12 rings (SSSR count). The maximum Gasteiger partial charge on any atom is 0.160 e. The van der Waals surface area contributed by atoms with Crippen LogP contribution in [0.4, 0.5) is 0 Å². The van der Waals surface area contributed by atoms with Gasteiger partial charge in [-0.2, -0.15) is 0 Å². The summed E-state index contributed by atoms with van der Waals surface area (Å²) in [4.78, 5) is 16.0. The van der Waals surface area contributed by atoms with E-state index >= 15 is 0 Å². The first kappa shape index (κ1) is 36.6. The lowest BCUT2D eigenvalue weighted by Gasteiger charge is -2.17. The predicted octanol–water partition coefficient (Wildman–Crippen LogP) is 15.3. The fourth-order valence-electron chi connectivity index (χ4n) is 9.65. The van der Waals surface area contributed by atoms with Gasteiger partial charge in [0.05, 0.1) is 22.6 Å². The van der Waals surface area contributed by atoms with Crippen LogP contribution in [-0.4, -0.2) is 15.0 Å². The number of aromatic nitrogens is 3. The SMILES string of the molecule is c1ccc(-c2nc(-c3ccc(C4c5ccccc5-c5ccccc54)cc3)cc(-c3cccc(-c4cccc5c4nc(-c4ccccc4)c4cccc(-c6ccccc6)c45)c3)n2)cc1. The summed E-state index contributed by atoms with van der Waals surface area (Å²) in [6, 6.07) is 82.1. The Hall–Kier alpha value is -8.27. The van der Waals surface area contributed by atoms with Crippen LogP contribution in [0.5, 0.6) is 0 Å². The summed E-state index contributed by atoms with van der Waals surface area (Å²) in [5.74, 6) is 0.876. The van der Waals surface area contributed by atoms with Crippen molar-refractivity contribution in [2.45, 2.75) is 5.92 Å². The van der Waals surface area contributed by atoms with E-state index in [4.69, 9.17) is 15.0 Å². The fourth-order valence-corrected chi connectivity index (χ4v) is 9.65. The van der Waals surface area contributed by atoms with Crippen LogP contribution in [0, 0.1) is 0 Å². The van der Waals surface area contributed by atoms with E-state index in [1.54, 1.807) is 0 Å². The maximum absolute atomic E-state index is 5.53. The Bertz CT molecular complexity index is 3440. The van der Waals surface area contributed by atoms with Gasteiger partial charge in [-0.15, -0.1) is 0 Å². The van der Waals surface area contributed by atoms with Crippen molar-refractivity contribution in [1.82, 2.24) is 15.0 Å². The number of benzene rings is 9. The van der Waals surface area contributed by atoms with Crippen LogP contribution < -0.4 is 0 Å². The Morgan fingerprint density at radius 3 is 1.49 bits per heavy atom. The van der Waals surface area contributed by atoms with Gasteiger partial charge in [-0.05, 0) is 56.6 Å². The molecule has 0 fully saturated rings. The van der Waals surface area contributed by atoms with Crippen molar-refractivity contribution in [2.75, 3.05) is 0 Å². The molecular weight excluding hydrogens is 763 g/mol. The molecule has 0 bridgehead atoms. The minimum Gasteiger partial charge on any atom is -0.246 e. The first-order chi connectivity index (χ1) is 31.2. The van der Waals surface area contributed by atoms with E-state index in [0.29, 0.717) is 5.82 Å². The first-order valence-electron chi connectivity index (χ1n) is 21.6. The molecule has 0 aliphatic heterocycles. The van der Waals surface area contributed by atoms with Crippen LogP contribution in [0.2, 0.25) is 0 Å². The number of hydrogen-bond acceptors (Lipinski definition) is 3. The summed E-state index contributed by atoms with van der Waals surface area (Å²) >= 11 is 0. The van der Waals surface area contributed by atoms with E-state index in [2.05, 4.69) is 212 Å². The molecule has 0 spiro atoms. The Morgan fingerprint density at radius 1 is 0.302 bits per heavy atom. The van der Waals surface area contributed by atoms with Crippen LogP contribution in [0.1, 0.15) is 22.6 Å². The Labute approximate surface area is 366 Å². The summed E-state index contributed by atoms with van der Waals surface area (Å²) < 4.78 is 0. The average Bonchev–Trinajstić information content (AvgIpc) is 3.71. The standard InChI is InChI=1S/C60H39N3/c1-4-17-39(18-5-1)46-29-15-31-52-57(46)53-32-16-30-47(59(53)63-58(52)42-19-6-2-7-20-42)44-23-14-24-45(37-44)55-38-54(61-60(62-55)43-21-8-3-9-22-43)40-33-35-41(36-34-40)56-50-27-12-10-25-48(50)49-26-11-13-28-51(49)56/h1-38,56H. The molecule has 0 atom stereocenters. The van der Waals surface area contributed by atoms with Gasteiger partial charge < -0.3 is 0 Å².